The van der Waals surface area contributed by atoms with Gasteiger partial charge in [-0.15, -0.1) is 10.2 Å². The lowest BCUT2D eigenvalue weighted by Crippen LogP contribution is -2.07. The molecular formula is C31H23Cl2FN4O5. The predicted molar refractivity (Wildman–Crippen MR) is 156 cm³/mol. The van der Waals surface area contributed by atoms with Gasteiger partial charge < -0.3 is 23.6 Å². The summed E-state index contributed by atoms with van der Waals surface area (Å²) >= 11 is 12.3. The van der Waals surface area contributed by atoms with Crippen molar-refractivity contribution >= 4 is 29.2 Å². The van der Waals surface area contributed by atoms with E-state index in [2.05, 4.69) is 15.2 Å². The summed E-state index contributed by atoms with van der Waals surface area (Å²) in [4.78, 5) is 15.9. The zero-order chi connectivity index (χ0) is 30.7. The molecule has 0 atom stereocenters. The van der Waals surface area contributed by atoms with Crippen LogP contribution in [0.2, 0.25) is 10.0 Å². The molecule has 2 heterocycles. The van der Waals surface area contributed by atoms with Gasteiger partial charge in [-0.25, -0.2) is 9.18 Å². The summed E-state index contributed by atoms with van der Waals surface area (Å²) in [6, 6.07) is 16.4. The first kappa shape index (κ1) is 29.6. The number of hydrogen-bond donors (Lipinski definition) is 1. The normalized spacial score (nSPS) is 10.8. The van der Waals surface area contributed by atoms with Gasteiger partial charge in [-0.2, -0.15) is 5.26 Å². The van der Waals surface area contributed by atoms with Gasteiger partial charge in [-0.1, -0.05) is 41.4 Å². The number of aryl methyl sites for hydroxylation is 1. The second-order valence-corrected chi connectivity index (χ2v) is 10.3. The van der Waals surface area contributed by atoms with E-state index in [1.165, 1.54) is 30.3 Å². The molecule has 0 spiro atoms. The topological polar surface area (TPSA) is 123 Å². The van der Waals surface area contributed by atoms with Crippen LogP contribution in [-0.2, 0) is 17.8 Å². The van der Waals surface area contributed by atoms with Crippen molar-refractivity contribution < 1.29 is 27.8 Å². The number of halogens is 3. The first-order valence-corrected chi connectivity index (χ1v) is 13.6. The summed E-state index contributed by atoms with van der Waals surface area (Å²) in [6.07, 6.45) is -0.0648. The number of ether oxygens (including phenoxy) is 3. The van der Waals surface area contributed by atoms with E-state index in [4.69, 9.17) is 41.8 Å². The number of nitriles is 1. The first-order chi connectivity index (χ1) is 20.7. The van der Waals surface area contributed by atoms with Gasteiger partial charge in [-0.05, 0) is 61.4 Å². The number of nitrogens with one attached hydrogen (secondary N) is 1. The number of carbonyl (C=O) groups excluding carboxylic acids is 1. The van der Waals surface area contributed by atoms with Crippen LogP contribution in [0.15, 0.2) is 59.0 Å². The lowest BCUT2D eigenvalue weighted by molar-refractivity contribution is 0.0465. The van der Waals surface area contributed by atoms with Gasteiger partial charge >= 0.3 is 5.97 Å². The minimum atomic E-state index is -0.735. The van der Waals surface area contributed by atoms with Crippen LogP contribution >= 0.6 is 23.2 Å². The molecule has 0 saturated carbocycles. The largest absolute Gasteiger partial charge is 0.497 e. The molecule has 0 aliphatic heterocycles. The molecule has 0 amide bonds. The molecule has 0 radical (unpaired) electrons. The van der Waals surface area contributed by atoms with Crippen molar-refractivity contribution in [1.29, 1.82) is 5.26 Å². The van der Waals surface area contributed by atoms with Crippen molar-refractivity contribution in [2.24, 2.45) is 0 Å². The first-order valence-electron chi connectivity index (χ1n) is 12.8. The fourth-order valence-electron chi connectivity index (χ4n) is 4.41. The third kappa shape index (κ3) is 6.48. The van der Waals surface area contributed by atoms with Crippen LogP contribution in [0.4, 0.5) is 4.39 Å². The summed E-state index contributed by atoms with van der Waals surface area (Å²) < 4.78 is 37.7. The molecule has 12 heteroatoms. The van der Waals surface area contributed by atoms with Crippen LogP contribution in [0.3, 0.4) is 0 Å². The van der Waals surface area contributed by atoms with E-state index in [1.807, 2.05) is 18.2 Å². The van der Waals surface area contributed by atoms with Crippen molar-refractivity contribution in [3.63, 3.8) is 0 Å². The molecule has 43 heavy (non-hydrogen) atoms. The Hall–Kier alpha value is -4.85. The zero-order valence-corrected chi connectivity index (χ0v) is 24.6. The number of esters is 1. The van der Waals surface area contributed by atoms with E-state index >= 15 is 4.39 Å². The average Bonchev–Trinajstić information content (AvgIpc) is 3.57. The molecule has 0 aliphatic carbocycles. The highest BCUT2D eigenvalue weighted by Gasteiger charge is 2.24. The Bertz CT molecular complexity index is 1860. The number of aromatic amines is 1. The highest BCUT2D eigenvalue weighted by Crippen LogP contribution is 2.36. The third-order valence-electron chi connectivity index (χ3n) is 6.54. The van der Waals surface area contributed by atoms with Gasteiger partial charge in [-0.3, -0.25) is 0 Å². The average molecular weight is 621 g/mol. The lowest BCUT2D eigenvalue weighted by Gasteiger charge is -2.11. The van der Waals surface area contributed by atoms with E-state index in [9.17, 15) is 10.1 Å². The number of aromatic nitrogens is 3. The maximum absolute atomic E-state index is 15.5. The second-order valence-electron chi connectivity index (χ2n) is 9.47. The Labute approximate surface area is 255 Å². The number of carbonyl (C=O) groups is 1. The van der Waals surface area contributed by atoms with Crippen molar-refractivity contribution in [2.75, 3.05) is 7.11 Å². The van der Waals surface area contributed by atoms with Gasteiger partial charge in [0.2, 0.25) is 11.8 Å². The number of nitrogens with zero attached hydrogens (tertiary/aromatic N) is 3. The molecule has 0 bridgehead atoms. The van der Waals surface area contributed by atoms with E-state index < -0.39 is 11.8 Å². The molecule has 1 N–H and O–H groups in total. The number of H-pyrrole nitrogens is 1. The SMILES string of the molecule is COc1ccc(COC(=O)c2[nH]c(C)c(-c3nnc(Cc4ccc(Cl)c(Oc5cc(Cl)cc(C#N)c5)c4F)o3)c2C)cc1. The molecule has 5 rings (SSSR count). The van der Waals surface area contributed by atoms with Crippen LogP contribution in [-0.4, -0.2) is 28.3 Å². The van der Waals surface area contributed by atoms with E-state index in [-0.39, 0.29) is 63.2 Å². The number of methoxy groups -OCH3 is 1. The summed E-state index contributed by atoms with van der Waals surface area (Å²) in [5, 5.41) is 17.7. The van der Waals surface area contributed by atoms with Gasteiger partial charge in [0.25, 0.3) is 0 Å². The van der Waals surface area contributed by atoms with Crippen LogP contribution in [0.5, 0.6) is 17.2 Å². The molecule has 2 aromatic heterocycles. The fraction of sp³-hybridized carbons (Fsp3) is 0.161. The maximum atomic E-state index is 15.5. The summed E-state index contributed by atoms with van der Waals surface area (Å²) in [6.45, 7) is 3.58. The molecule has 0 unspecified atom stereocenters. The van der Waals surface area contributed by atoms with Crippen molar-refractivity contribution in [3.05, 3.63) is 110 Å². The predicted octanol–water partition coefficient (Wildman–Crippen LogP) is 7.75. The lowest BCUT2D eigenvalue weighted by atomic mass is 10.1. The van der Waals surface area contributed by atoms with Gasteiger partial charge in [0.15, 0.2) is 11.6 Å². The molecule has 9 nitrogen and oxygen atoms in total. The highest BCUT2D eigenvalue weighted by molar-refractivity contribution is 6.32. The Kier molecular flexibility index (Phi) is 8.66. The number of rotatable bonds is 9. The summed E-state index contributed by atoms with van der Waals surface area (Å²) in [7, 11) is 1.58. The van der Waals surface area contributed by atoms with Crippen LogP contribution in [0.1, 0.15) is 44.3 Å². The molecular weight excluding hydrogens is 598 g/mol. The molecule has 0 fully saturated rings. The van der Waals surface area contributed by atoms with Crippen LogP contribution in [0, 0.1) is 31.0 Å². The van der Waals surface area contributed by atoms with Crippen LogP contribution < -0.4 is 9.47 Å². The van der Waals surface area contributed by atoms with Gasteiger partial charge in [0.1, 0.15) is 23.8 Å². The fourth-order valence-corrected chi connectivity index (χ4v) is 4.82. The Morgan fingerprint density at radius 3 is 2.56 bits per heavy atom. The molecule has 218 valence electrons. The zero-order valence-electron chi connectivity index (χ0n) is 23.1. The minimum Gasteiger partial charge on any atom is -0.497 e. The van der Waals surface area contributed by atoms with Crippen molar-refractivity contribution in [3.8, 4) is 34.8 Å². The van der Waals surface area contributed by atoms with Crippen LogP contribution in [0.25, 0.3) is 11.5 Å². The second kappa shape index (κ2) is 12.6. The van der Waals surface area contributed by atoms with E-state index in [1.54, 1.807) is 33.1 Å². The van der Waals surface area contributed by atoms with Crippen molar-refractivity contribution in [1.82, 2.24) is 15.2 Å². The third-order valence-corrected chi connectivity index (χ3v) is 7.06. The highest BCUT2D eigenvalue weighted by atomic mass is 35.5. The maximum Gasteiger partial charge on any atom is 0.355 e. The molecule has 0 saturated heterocycles. The van der Waals surface area contributed by atoms with Crippen molar-refractivity contribution in [2.45, 2.75) is 26.9 Å². The van der Waals surface area contributed by atoms with Gasteiger partial charge in [0.05, 0.1) is 35.7 Å². The quantitative estimate of drug-likeness (QED) is 0.166. The summed E-state index contributed by atoms with van der Waals surface area (Å²) in [5.41, 5.74) is 3.23. The van der Waals surface area contributed by atoms with E-state index in [0.29, 0.717) is 22.6 Å². The number of benzene rings is 3. The molecule has 5 aromatic rings. The Morgan fingerprint density at radius 2 is 1.84 bits per heavy atom. The Morgan fingerprint density at radius 1 is 1.07 bits per heavy atom. The monoisotopic (exact) mass is 620 g/mol. The molecule has 0 aliphatic rings. The molecule has 3 aromatic carbocycles. The standard InChI is InChI=1S/C31H23Cl2FN4O5/c1-16-26(17(2)36-28(16)31(39)41-15-18-4-7-22(40-3)8-5-18)30-38-37-25(43-30)12-20-6-9-24(33)29(27(20)34)42-23-11-19(14-35)10-21(32)13-23/h4-11,13,36H,12,15H2,1-3H3. The minimum absolute atomic E-state index is 0.0240. The number of hydrogen-bond acceptors (Lipinski definition) is 8. The van der Waals surface area contributed by atoms with Gasteiger partial charge in [0, 0.05) is 16.3 Å². The Balaban J connectivity index is 1.33. The van der Waals surface area contributed by atoms with E-state index in [0.717, 1.165) is 5.56 Å². The summed E-state index contributed by atoms with van der Waals surface area (Å²) in [5.74, 6) is -0.375. The smallest absolute Gasteiger partial charge is 0.355 e.